The highest BCUT2D eigenvalue weighted by atomic mass is 16.4. The van der Waals surface area contributed by atoms with E-state index >= 15 is 0 Å². The molecule has 0 aromatic carbocycles. The number of hydrogen-bond acceptors (Lipinski definition) is 5. The van der Waals surface area contributed by atoms with Crippen LogP contribution in [0.15, 0.2) is 16.7 Å². The van der Waals surface area contributed by atoms with E-state index in [4.69, 9.17) is 4.42 Å². The molecule has 0 radical (unpaired) electrons. The second-order valence-corrected chi connectivity index (χ2v) is 4.54. The van der Waals surface area contributed by atoms with Gasteiger partial charge in [-0.3, -0.25) is 0 Å². The van der Waals surface area contributed by atoms with E-state index in [9.17, 15) is 9.90 Å². The van der Waals surface area contributed by atoms with E-state index < -0.39 is 11.5 Å². The molecule has 7 heteroatoms. The first-order chi connectivity index (χ1) is 8.65. The lowest BCUT2D eigenvalue weighted by Crippen LogP contribution is -2.48. The van der Waals surface area contributed by atoms with E-state index in [2.05, 4.69) is 15.5 Å². The summed E-state index contributed by atoms with van der Waals surface area (Å²) >= 11 is 0. The molecule has 7 nitrogen and oxygen atoms in total. The molecule has 1 fully saturated rings. The Bertz CT molecular complexity index is 597. The number of aryl methyl sites for hydroxylation is 1. The van der Waals surface area contributed by atoms with Gasteiger partial charge < -0.3 is 9.52 Å². The zero-order chi connectivity index (χ0) is 12.8. The van der Waals surface area contributed by atoms with Crippen molar-refractivity contribution in [2.75, 3.05) is 0 Å². The van der Waals surface area contributed by atoms with Gasteiger partial charge in [0.2, 0.25) is 5.82 Å². The molecule has 0 spiro atoms. The number of nitrogens with zero attached hydrogens (tertiary/aromatic N) is 4. The summed E-state index contributed by atoms with van der Waals surface area (Å²) in [7, 11) is 0. The van der Waals surface area contributed by atoms with Crippen molar-refractivity contribution in [2.24, 2.45) is 0 Å². The largest absolute Gasteiger partial charge is 0.479 e. The Hall–Kier alpha value is -2.18. The maximum atomic E-state index is 11.5. The second-order valence-electron chi connectivity index (χ2n) is 4.54. The Kier molecular flexibility index (Phi) is 2.22. The molecule has 18 heavy (non-hydrogen) atoms. The predicted octanol–water partition coefficient (Wildman–Crippen LogP) is 1.21. The number of rotatable bonds is 3. The van der Waals surface area contributed by atoms with Crippen molar-refractivity contribution >= 4 is 5.97 Å². The van der Waals surface area contributed by atoms with E-state index in [1.54, 1.807) is 6.07 Å². The molecule has 1 aliphatic rings. The van der Waals surface area contributed by atoms with Crippen LogP contribution in [0.4, 0.5) is 0 Å². The highest BCUT2D eigenvalue weighted by molar-refractivity contribution is 5.78. The maximum absolute atomic E-state index is 11.5. The Morgan fingerprint density at radius 1 is 1.56 bits per heavy atom. The summed E-state index contributed by atoms with van der Waals surface area (Å²) in [5.41, 5.74) is -0.135. The van der Waals surface area contributed by atoms with Crippen molar-refractivity contribution < 1.29 is 14.3 Å². The molecule has 0 atom stereocenters. The lowest BCUT2D eigenvalue weighted by Gasteiger charge is -2.37. The highest BCUT2D eigenvalue weighted by Gasteiger charge is 2.49. The first kappa shape index (κ1) is 10.9. The molecule has 0 unspecified atom stereocenters. The third kappa shape index (κ3) is 1.30. The van der Waals surface area contributed by atoms with Crippen molar-refractivity contribution in [3.8, 4) is 11.6 Å². The van der Waals surface area contributed by atoms with Crippen molar-refractivity contribution in [1.29, 1.82) is 0 Å². The van der Waals surface area contributed by atoms with Crippen molar-refractivity contribution in [3.05, 3.63) is 17.9 Å². The summed E-state index contributed by atoms with van der Waals surface area (Å²) in [6, 6.07) is 1.79. The minimum Gasteiger partial charge on any atom is -0.479 e. The molecule has 2 aromatic rings. The SMILES string of the molecule is Cc1ccoc1-c1nnnn1C1(C(=O)O)CCC1. The average molecular weight is 248 g/mol. The molecule has 0 amide bonds. The van der Waals surface area contributed by atoms with Gasteiger partial charge in [0.15, 0.2) is 11.3 Å². The Balaban J connectivity index is 2.13. The van der Waals surface area contributed by atoms with Crippen LogP contribution in [0.5, 0.6) is 0 Å². The topological polar surface area (TPSA) is 94.0 Å². The summed E-state index contributed by atoms with van der Waals surface area (Å²) in [6.45, 7) is 1.87. The lowest BCUT2D eigenvalue weighted by molar-refractivity contribution is -0.153. The quantitative estimate of drug-likeness (QED) is 0.877. The van der Waals surface area contributed by atoms with Gasteiger partial charge in [0.05, 0.1) is 6.26 Å². The fourth-order valence-corrected chi connectivity index (χ4v) is 2.25. The van der Waals surface area contributed by atoms with Gasteiger partial charge >= 0.3 is 5.97 Å². The number of carbonyl (C=O) groups is 1. The average Bonchev–Trinajstić information content (AvgIpc) is 2.84. The van der Waals surface area contributed by atoms with Gasteiger partial charge in [-0.05, 0) is 48.2 Å². The molecule has 94 valence electrons. The first-order valence-electron chi connectivity index (χ1n) is 5.72. The summed E-state index contributed by atoms with van der Waals surface area (Å²) in [6.07, 6.45) is 3.49. The van der Waals surface area contributed by atoms with Gasteiger partial charge in [-0.2, -0.15) is 0 Å². The number of aliphatic carboxylic acids is 1. The molecular formula is C11H12N4O3. The van der Waals surface area contributed by atoms with Crippen LogP contribution in [-0.4, -0.2) is 31.3 Å². The molecule has 2 aromatic heterocycles. The van der Waals surface area contributed by atoms with Crippen LogP contribution in [0.1, 0.15) is 24.8 Å². The van der Waals surface area contributed by atoms with Crippen LogP contribution < -0.4 is 0 Å². The van der Waals surface area contributed by atoms with E-state index in [1.807, 2.05) is 6.92 Å². The number of carboxylic acids is 1. The minimum atomic E-state index is -1.02. The van der Waals surface area contributed by atoms with E-state index in [0.717, 1.165) is 12.0 Å². The van der Waals surface area contributed by atoms with Gasteiger partial charge in [0, 0.05) is 0 Å². The van der Waals surface area contributed by atoms with Gasteiger partial charge in [-0.1, -0.05) is 0 Å². The predicted molar refractivity (Wildman–Crippen MR) is 59.7 cm³/mol. The van der Waals surface area contributed by atoms with E-state index in [1.165, 1.54) is 10.9 Å². The van der Waals surface area contributed by atoms with Gasteiger partial charge in [-0.15, -0.1) is 5.10 Å². The highest BCUT2D eigenvalue weighted by Crippen LogP contribution is 2.41. The van der Waals surface area contributed by atoms with E-state index in [0.29, 0.717) is 24.4 Å². The van der Waals surface area contributed by atoms with Crippen LogP contribution in [0.25, 0.3) is 11.6 Å². The van der Waals surface area contributed by atoms with Crippen LogP contribution in [-0.2, 0) is 10.3 Å². The number of aromatic nitrogens is 4. The molecule has 0 aliphatic heterocycles. The first-order valence-corrected chi connectivity index (χ1v) is 5.72. The lowest BCUT2D eigenvalue weighted by atomic mass is 9.77. The van der Waals surface area contributed by atoms with Crippen molar-refractivity contribution in [2.45, 2.75) is 31.7 Å². The normalized spacial score (nSPS) is 17.4. The summed E-state index contributed by atoms with van der Waals surface area (Å²) in [4.78, 5) is 11.5. The van der Waals surface area contributed by atoms with E-state index in [-0.39, 0.29) is 0 Å². The molecule has 3 rings (SSSR count). The van der Waals surface area contributed by atoms with Crippen LogP contribution in [0, 0.1) is 6.92 Å². The molecule has 1 N–H and O–H groups in total. The van der Waals surface area contributed by atoms with Crippen LogP contribution in [0.3, 0.4) is 0 Å². The molecule has 0 bridgehead atoms. The van der Waals surface area contributed by atoms with Crippen molar-refractivity contribution in [3.63, 3.8) is 0 Å². The van der Waals surface area contributed by atoms with Crippen LogP contribution in [0.2, 0.25) is 0 Å². The maximum Gasteiger partial charge on any atom is 0.331 e. The van der Waals surface area contributed by atoms with Crippen molar-refractivity contribution in [1.82, 2.24) is 20.2 Å². The Morgan fingerprint density at radius 2 is 2.33 bits per heavy atom. The molecular weight excluding hydrogens is 236 g/mol. The number of carboxylic acid groups (broad SMARTS) is 1. The third-order valence-corrected chi connectivity index (χ3v) is 3.52. The summed E-state index contributed by atoms with van der Waals surface area (Å²) in [5, 5.41) is 20.7. The third-order valence-electron chi connectivity index (χ3n) is 3.52. The van der Waals surface area contributed by atoms with Gasteiger partial charge in [0.25, 0.3) is 0 Å². The van der Waals surface area contributed by atoms with Crippen LogP contribution >= 0.6 is 0 Å². The summed E-state index contributed by atoms with van der Waals surface area (Å²) < 4.78 is 6.72. The number of tetrazole rings is 1. The number of furan rings is 1. The molecule has 2 heterocycles. The Labute approximate surface area is 102 Å². The summed E-state index contributed by atoms with van der Waals surface area (Å²) in [5.74, 6) is -0.00126. The molecule has 1 saturated carbocycles. The molecule has 0 saturated heterocycles. The zero-order valence-corrected chi connectivity index (χ0v) is 9.83. The van der Waals surface area contributed by atoms with Gasteiger partial charge in [-0.25, -0.2) is 9.48 Å². The molecule has 1 aliphatic carbocycles. The number of hydrogen-bond donors (Lipinski definition) is 1. The Morgan fingerprint density at radius 3 is 2.83 bits per heavy atom. The second kappa shape index (κ2) is 3.66. The fraction of sp³-hybridized carbons (Fsp3) is 0.455. The fourth-order valence-electron chi connectivity index (χ4n) is 2.25. The smallest absolute Gasteiger partial charge is 0.331 e. The standard InChI is InChI=1S/C11H12N4O3/c1-7-3-6-18-8(7)9-12-13-14-15(9)11(10(16)17)4-2-5-11/h3,6H,2,4-5H2,1H3,(H,16,17). The van der Waals surface area contributed by atoms with Gasteiger partial charge in [0.1, 0.15) is 0 Å². The monoisotopic (exact) mass is 248 g/mol. The minimum absolute atomic E-state index is 0.375. The zero-order valence-electron chi connectivity index (χ0n) is 9.83.